The standard InChI is InChI=1S/C13H23NO4S2/c15-7-6-14(11-3-1-2-4-11)13(16)9-19-12-5-8-20(17,18)10-12/h11-12,15H,1-10H2. The fourth-order valence-corrected chi connectivity index (χ4v) is 6.53. The fraction of sp³-hybridized carbons (Fsp3) is 0.923. The number of hydrogen-bond donors (Lipinski definition) is 1. The van der Waals surface area contributed by atoms with Crippen LogP contribution in [0.2, 0.25) is 0 Å². The molecule has 1 atom stereocenters. The molecule has 1 heterocycles. The summed E-state index contributed by atoms with van der Waals surface area (Å²) in [5, 5.41) is 9.17. The third kappa shape index (κ3) is 4.36. The molecule has 0 aromatic carbocycles. The first kappa shape index (κ1) is 16.1. The number of carbonyl (C=O) groups excluding carboxylic acids is 1. The van der Waals surface area contributed by atoms with Crippen molar-refractivity contribution in [2.75, 3.05) is 30.4 Å². The molecule has 1 aliphatic heterocycles. The van der Waals surface area contributed by atoms with Crippen LogP contribution in [0.25, 0.3) is 0 Å². The van der Waals surface area contributed by atoms with Gasteiger partial charge in [0.25, 0.3) is 0 Å². The molecule has 0 aromatic rings. The van der Waals surface area contributed by atoms with E-state index in [0.29, 0.717) is 18.7 Å². The highest BCUT2D eigenvalue weighted by Gasteiger charge is 2.30. The van der Waals surface area contributed by atoms with Crippen LogP contribution in [-0.2, 0) is 14.6 Å². The predicted molar refractivity (Wildman–Crippen MR) is 80.6 cm³/mol. The van der Waals surface area contributed by atoms with E-state index < -0.39 is 9.84 Å². The van der Waals surface area contributed by atoms with Crippen LogP contribution >= 0.6 is 11.8 Å². The smallest absolute Gasteiger partial charge is 0.232 e. The Morgan fingerprint density at radius 1 is 1.25 bits per heavy atom. The molecule has 2 fully saturated rings. The maximum absolute atomic E-state index is 12.3. The SMILES string of the molecule is O=C(CSC1CCS(=O)(=O)C1)N(CCO)C1CCCC1. The highest BCUT2D eigenvalue weighted by atomic mass is 32.2. The first-order valence-corrected chi connectivity index (χ1v) is 10.1. The highest BCUT2D eigenvalue weighted by molar-refractivity contribution is 8.02. The second-order valence-electron chi connectivity index (χ2n) is 5.59. The van der Waals surface area contributed by atoms with Crippen LogP contribution in [0.1, 0.15) is 32.1 Å². The van der Waals surface area contributed by atoms with Crippen molar-refractivity contribution in [3.8, 4) is 0 Å². The van der Waals surface area contributed by atoms with Crippen molar-refractivity contribution in [2.24, 2.45) is 0 Å². The third-order valence-electron chi connectivity index (χ3n) is 4.06. The minimum Gasteiger partial charge on any atom is -0.395 e. The predicted octanol–water partition coefficient (Wildman–Crippen LogP) is 0.670. The summed E-state index contributed by atoms with van der Waals surface area (Å²) >= 11 is 1.46. The minimum atomic E-state index is -2.88. The topological polar surface area (TPSA) is 74.7 Å². The Morgan fingerprint density at radius 2 is 1.95 bits per heavy atom. The van der Waals surface area contributed by atoms with E-state index in [9.17, 15) is 13.2 Å². The molecular formula is C13H23NO4S2. The van der Waals surface area contributed by atoms with Crippen LogP contribution < -0.4 is 0 Å². The Kier molecular flexibility index (Phi) is 5.74. The molecule has 0 aromatic heterocycles. The lowest BCUT2D eigenvalue weighted by Crippen LogP contribution is -2.42. The van der Waals surface area contributed by atoms with Crippen molar-refractivity contribution in [2.45, 2.75) is 43.4 Å². The first-order chi connectivity index (χ1) is 9.52. The van der Waals surface area contributed by atoms with Crippen molar-refractivity contribution in [3.05, 3.63) is 0 Å². The largest absolute Gasteiger partial charge is 0.395 e. The summed E-state index contributed by atoms with van der Waals surface area (Å²) in [6.45, 7) is 0.387. The Labute approximate surface area is 125 Å². The van der Waals surface area contributed by atoms with Crippen LogP contribution in [0.5, 0.6) is 0 Å². The Hall–Kier alpha value is -0.270. The summed E-state index contributed by atoms with van der Waals surface area (Å²) in [4.78, 5) is 14.1. The minimum absolute atomic E-state index is 0.00921. The van der Waals surface area contributed by atoms with E-state index in [4.69, 9.17) is 5.11 Å². The summed E-state index contributed by atoms with van der Waals surface area (Å²) < 4.78 is 22.8. The second kappa shape index (κ2) is 7.13. The quantitative estimate of drug-likeness (QED) is 0.778. The average Bonchev–Trinajstić information content (AvgIpc) is 3.02. The van der Waals surface area contributed by atoms with E-state index in [1.54, 1.807) is 4.90 Å². The highest BCUT2D eigenvalue weighted by Crippen LogP contribution is 2.27. The Bertz CT molecular complexity index is 432. The number of aliphatic hydroxyl groups excluding tert-OH is 1. The third-order valence-corrected chi connectivity index (χ3v) is 7.33. The van der Waals surface area contributed by atoms with Gasteiger partial charge in [0, 0.05) is 17.8 Å². The zero-order chi connectivity index (χ0) is 14.6. The van der Waals surface area contributed by atoms with E-state index in [2.05, 4.69) is 0 Å². The van der Waals surface area contributed by atoms with Crippen molar-refractivity contribution >= 4 is 27.5 Å². The van der Waals surface area contributed by atoms with Gasteiger partial charge in [0.1, 0.15) is 0 Å². The Morgan fingerprint density at radius 3 is 2.50 bits per heavy atom. The number of rotatable bonds is 6. The summed E-state index contributed by atoms with van der Waals surface area (Å²) in [6, 6.07) is 0.266. The van der Waals surface area contributed by atoms with Gasteiger partial charge in [0.15, 0.2) is 9.84 Å². The summed E-state index contributed by atoms with van der Waals surface area (Å²) in [6.07, 6.45) is 4.99. The molecular weight excluding hydrogens is 298 g/mol. The lowest BCUT2D eigenvalue weighted by molar-refractivity contribution is -0.131. The van der Waals surface area contributed by atoms with Gasteiger partial charge in [0.2, 0.25) is 5.91 Å². The maximum Gasteiger partial charge on any atom is 0.232 e. The molecule has 1 saturated carbocycles. The molecule has 1 saturated heterocycles. The van der Waals surface area contributed by atoms with E-state index >= 15 is 0 Å². The monoisotopic (exact) mass is 321 g/mol. The number of hydrogen-bond acceptors (Lipinski definition) is 5. The van der Waals surface area contributed by atoms with Crippen LogP contribution in [-0.4, -0.2) is 66.0 Å². The van der Waals surface area contributed by atoms with Crippen LogP contribution in [0, 0.1) is 0 Å². The van der Waals surface area contributed by atoms with E-state index in [1.807, 2.05) is 0 Å². The van der Waals surface area contributed by atoms with Crippen LogP contribution in [0.4, 0.5) is 0 Å². The van der Waals surface area contributed by atoms with Crippen molar-refractivity contribution in [3.63, 3.8) is 0 Å². The van der Waals surface area contributed by atoms with Gasteiger partial charge >= 0.3 is 0 Å². The Balaban J connectivity index is 1.82. The molecule has 1 amide bonds. The van der Waals surface area contributed by atoms with Gasteiger partial charge in [-0.05, 0) is 19.3 Å². The summed E-state index contributed by atoms with van der Waals surface area (Å²) in [5.74, 6) is 0.827. The molecule has 2 rings (SSSR count). The molecule has 5 nitrogen and oxygen atoms in total. The first-order valence-electron chi connectivity index (χ1n) is 7.24. The summed E-state index contributed by atoms with van der Waals surface area (Å²) in [7, 11) is -2.88. The molecule has 0 radical (unpaired) electrons. The number of sulfone groups is 1. The number of aliphatic hydroxyl groups is 1. The summed E-state index contributed by atoms with van der Waals surface area (Å²) in [5.41, 5.74) is 0. The van der Waals surface area contributed by atoms with Gasteiger partial charge in [-0.25, -0.2) is 8.42 Å². The van der Waals surface area contributed by atoms with Crippen molar-refractivity contribution in [1.29, 1.82) is 0 Å². The van der Waals surface area contributed by atoms with Gasteiger partial charge in [-0.1, -0.05) is 12.8 Å². The molecule has 1 unspecified atom stereocenters. The van der Waals surface area contributed by atoms with Gasteiger partial charge < -0.3 is 10.0 Å². The molecule has 116 valence electrons. The lowest BCUT2D eigenvalue weighted by atomic mass is 10.2. The van der Waals surface area contributed by atoms with Gasteiger partial charge in [0.05, 0.1) is 23.9 Å². The van der Waals surface area contributed by atoms with E-state index in [1.165, 1.54) is 11.8 Å². The lowest BCUT2D eigenvalue weighted by Gasteiger charge is -2.28. The molecule has 7 heteroatoms. The van der Waals surface area contributed by atoms with Crippen molar-refractivity contribution < 1.29 is 18.3 Å². The zero-order valence-electron chi connectivity index (χ0n) is 11.7. The normalized spacial score (nSPS) is 25.9. The number of thioether (sulfide) groups is 1. The number of nitrogens with zero attached hydrogens (tertiary/aromatic N) is 1. The molecule has 2 aliphatic rings. The molecule has 1 aliphatic carbocycles. The van der Waals surface area contributed by atoms with Crippen LogP contribution in [0.3, 0.4) is 0 Å². The number of carbonyl (C=O) groups is 1. The maximum atomic E-state index is 12.3. The number of amides is 1. The van der Waals surface area contributed by atoms with Gasteiger partial charge in [-0.15, -0.1) is 11.8 Å². The van der Waals surface area contributed by atoms with E-state index in [0.717, 1.165) is 25.7 Å². The van der Waals surface area contributed by atoms with E-state index in [-0.39, 0.29) is 35.3 Å². The second-order valence-corrected chi connectivity index (χ2v) is 9.10. The van der Waals surface area contributed by atoms with Crippen LogP contribution in [0.15, 0.2) is 0 Å². The molecule has 0 spiro atoms. The zero-order valence-corrected chi connectivity index (χ0v) is 13.3. The van der Waals surface area contributed by atoms with Crippen molar-refractivity contribution in [1.82, 2.24) is 4.90 Å². The molecule has 0 bridgehead atoms. The molecule has 1 N–H and O–H groups in total. The van der Waals surface area contributed by atoms with Gasteiger partial charge in [-0.3, -0.25) is 4.79 Å². The van der Waals surface area contributed by atoms with Gasteiger partial charge in [-0.2, -0.15) is 0 Å². The fourth-order valence-electron chi connectivity index (χ4n) is 3.00. The average molecular weight is 321 g/mol. The molecule has 20 heavy (non-hydrogen) atoms.